The minimum absolute atomic E-state index is 0.303. The van der Waals surface area contributed by atoms with Gasteiger partial charge in [0.2, 0.25) is 0 Å². The molecule has 0 fully saturated rings. The fourth-order valence-electron chi connectivity index (χ4n) is 0.953. The van der Waals surface area contributed by atoms with E-state index >= 15 is 0 Å². The van der Waals surface area contributed by atoms with Gasteiger partial charge in [0.25, 0.3) is 0 Å². The first-order chi connectivity index (χ1) is 5.69. The molecule has 0 saturated heterocycles. The maximum Gasteiger partial charge on any atom is 0.166 e. The van der Waals surface area contributed by atoms with E-state index in [1.807, 2.05) is 13.8 Å². The van der Waals surface area contributed by atoms with Crippen LogP contribution >= 0.6 is 15.9 Å². The predicted octanol–water partition coefficient (Wildman–Crippen LogP) is 2.28. The lowest BCUT2D eigenvalue weighted by Gasteiger charge is -2.04. The number of hydrogen-bond donors (Lipinski definition) is 0. The Morgan fingerprint density at radius 1 is 1.17 bits per heavy atom. The molecule has 0 unspecified atom stereocenters. The van der Waals surface area contributed by atoms with Crippen LogP contribution in [0.3, 0.4) is 0 Å². The van der Waals surface area contributed by atoms with Gasteiger partial charge in [-0.1, -0.05) is 13.8 Å². The van der Waals surface area contributed by atoms with Gasteiger partial charge in [-0.05, 0) is 28.8 Å². The Bertz CT molecular complexity index is 256. The van der Waals surface area contributed by atoms with Gasteiger partial charge >= 0.3 is 0 Å². The van der Waals surface area contributed by atoms with Crippen LogP contribution in [0.15, 0.2) is 4.60 Å². The van der Waals surface area contributed by atoms with Gasteiger partial charge in [-0.2, -0.15) is 0 Å². The highest BCUT2D eigenvalue weighted by Gasteiger charge is 2.06. The Morgan fingerprint density at radius 3 is 2.25 bits per heavy atom. The second kappa shape index (κ2) is 3.85. The quantitative estimate of drug-likeness (QED) is 0.780. The Morgan fingerprint density at radius 2 is 1.75 bits per heavy atom. The van der Waals surface area contributed by atoms with Crippen molar-refractivity contribution in [3.63, 3.8) is 0 Å². The van der Waals surface area contributed by atoms with Gasteiger partial charge < -0.3 is 0 Å². The van der Waals surface area contributed by atoms with E-state index in [0.29, 0.717) is 5.82 Å². The second-order valence-electron chi connectivity index (χ2n) is 2.46. The van der Waals surface area contributed by atoms with Gasteiger partial charge in [0.05, 0.1) is 11.4 Å². The maximum atomic E-state index is 7.52. The first-order valence-corrected chi connectivity index (χ1v) is 4.75. The lowest BCUT2D eigenvalue weighted by Crippen LogP contribution is -1.99. The Kier molecular flexibility index (Phi) is 3.03. The van der Waals surface area contributed by atoms with E-state index in [1.165, 1.54) is 0 Å². The number of aromatic nitrogens is 2. The van der Waals surface area contributed by atoms with E-state index in [-0.39, 0.29) is 0 Å². The Hall–Kier alpha value is -0.640. The summed E-state index contributed by atoms with van der Waals surface area (Å²) in [5.41, 5.74) is 9.12. The molecule has 1 aromatic rings. The molecule has 12 heavy (non-hydrogen) atoms. The minimum Gasteiger partial charge on any atom is -0.281 e. The molecule has 1 rings (SSSR count). The van der Waals surface area contributed by atoms with Crippen molar-refractivity contribution in [1.29, 1.82) is 0 Å². The molecule has 0 aliphatic carbocycles. The molecule has 1 radical (unpaired) electrons. The first-order valence-electron chi connectivity index (χ1n) is 3.95. The number of aryl methyl sites for hydroxylation is 2. The van der Waals surface area contributed by atoms with Gasteiger partial charge in [0.1, 0.15) is 4.60 Å². The topological polar surface area (TPSA) is 49.6 Å². The van der Waals surface area contributed by atoms with Gasteiger partial charge in [0, 0.05) is 0 Å². The highest BCUT2D eigenvalue weighted by Crippen LogP contribution is 2.17. The fraction of sp³-hybridized carbons (Fsp3) is 0.500. The summed E-state index contributed by atoms with van der Waals surface area (Å²) in [5, 5.41) is 0. The Balaban J connectivity index is 3.16. The van der Waals surface area contributed by atoms with Crippen molar-refractivity contribution in [1.82, 2.24) is 15.7 Å². The molecule has 0 aliphatic rings. The molecule has 4 heteroatoms. The first kappa shape index (κ1) is 9.45. The van der Waals surface area contributed by atoms with E-state index in [9.17, 15) is 0 Å². The third-order valence-electron chi connectivity index (χ3n) is 1.66. The normalized spacial score (nSPS) is 10.2. The molecule has 0 saturated carbocycles. The molecule has 1 N–H and O–H groups in total. The summed E-state index contributed by atoms with van der Waals surface area (Å²) < 4.78 is 0.776. The number of hydrogen-bond acceptors (Lipinski definition) is 2. The molecular weight excluding hydrogens is 218 g/mol. The molecule has 1 aromatic heterocycles. The molecule has 0 aromatic carbocycles. The Labute approximate surface area is 80.5 Å². The van der Waals surface area contributed by atoms with E-state index in [0.717, 1.165) is 28.8 Å². The van der Waals surface area contributed by atoms with Crippen molar-refractivity contribution < 1.29 is 0 Å². The summed E-state index contributed by atoms with van der Waals surface area (Å²) in [6.07, 6.45) is 1.57. The van der Waals surface area contributed by atoms with Crippen LogP contribution in [0.2, 0.25) is 0 Å². The van der Waals surface area contributed by atoms with Crippen LogP contribution in [-0.2, 0) is 12.8 Å². The third-order valence-corrected chi connectivity index (χ3v) is 2.30. The molecule has 0 aliphatic heterocycles. The lowest BCUT2D eigenvalue weighted by atomic mass is 10.3. The zero-order valence-electron chi connectivity index (χ0n) is 7.19. The average molecular weight is 229 g/mol. The summed E-state index contributed by atoms with van der Waals surface area (Å²) in [6.45, 7) is 3.97. The smallest absolute Gasteiger partial charge is 0.166 e. The summed E-state index contributed by atoms with van der Waals surface area (Å²) in [7, 11) is 0. The molecule has 65 valence electrons. The number of nitrogens with one attached hydrogen (secondary N) is 1. The van der Waals surface area contributed by atoms with Crippen molar-refractivity contribution in [3.05, 3.63) is 16.0 Å². The number of nitrogens with zero attached hydrogens (tertiary/aromatic N) is 2. The lowest BCUT2D eigenvalue weighted by molar-refractivity contribution is 0.911. The van der Waals surface area contributed by atoms with E-state index in [4.69, 9.17) is 5.73 Å². The highest BCUT2D eigenvalue weighted by atomic mass is 79.9. The zero-order chi connectivity index (χ0) is 9.14. The molecule has 0 spiro atoms. The van der Waals surface area contributed by atoms with Crippen LogP contribution < -0.4 is 5.73 Å². The van der Waals surface area contributed by atoms with Gasteiger partial charge in [-0.25, -0.2) is 9.97 Å². The molecule has 0 bridgehead atoms. The SMILES string of the molecule is CCc1nc(Br)c(CC)nc1[NH]. The van der Waals surface area contributed by atoms with Crippen LogP contribution in [0.5, 0.6) is 0 Å². The number of halogens is 1. The fourth-order valence-corrected chi connectivity index (χ4v) is 1.54. The summed E-state index contributed by atoms with van der Waals surface area (Å²) >= 11 is 3.33. The van der Waals surface area contributed by atoms with Crippen LogP contribution in [0, 0.1) is 0 Å². The molecule has 0 atom stereocenters. The largest absolute Gasteiger partial charge is 0.281 e. The van der Waals surface area contributed by atoms with Crippen molar-refractivity contribution in [3.8, 4) is 0 Å². The van der Waals surface area contributed by atoms with Crippen LogP contribution in [-0.4, -0.2) is 9.97 Å². The van der Waals surface area contributed by atoms with Gasteiger partial charge in [0.15, 0.2) is 5.82 Å². The standard InChI is InChI=1S/C8H11BrN3/c1-3-5-7(9)11-6(4-2)8(10)12-5/h10H,3-4H2,1-2H3. The van der Waals surface area contributed by atoms with Crippen molar-refractivity contribution in [2.24, 2.45) is 0 Å². The molecule has 0 amide bonds. The monoisotopic (exact) mass is 228 g/mol. The van der Waals surface area contributed by atoms with Crippen molar-refractivity contribution >= 4 is 21.7 Å². The van der Waals surface area contributed by atoms with Crippen LogP contribution in [0.25, 0.3) is 0 Å². The predicted molar refractivity (Wildman–Crippen MR) is 51.2 cm³/mol. The van der Waals surface area contributed by atoms with E-state index in [2.05, 4.69) is 25.9 Å². The van der Waals surface area contributed by atoms with Crippen LogP contribution in [0.1, 0.15) is 25.2 Å². The third kappa shape index (κ3) is 1.75. The average Bonchev–Trinajstić information content (AvgIpc) is 2.08. The van der Waals surface area contributed by atoms with Gasteiger partial charge in [-0.3, -0.25) is 5.73 Å². The van der Waals surface area contributed by atoms with E-state index < -0.39 is 0 Å². The second-order valence-corrected chi connectivity index (χ2v) is 3.21. The summed E-state index contributed by atoms with van der Waals surface area (Å²) in [4.78, 5) is 8.35. The van der Waals surface area contributed by atoms with Gasteiger partial charge in [-0.15, -0.1) is 0 Å². The zero-order valence-corrected chi connectivity index (χ0v) is 8.77. The number of rotatable bonds is 2. The van der Waals surface area contributed by atoms with Crippen molar-refractivity contribution in [2.45, 2.75) is 26.7 Å². The summed E-state index contributed by atoms with van der Waals surface area (Å²) in [6, 6.07) is 0. The highest BCUT2D eigenvalue weighted by molar-refractivity contribution is 9.10. The summed E-state index contributed by atoms with van der Waals surface area (Å²) in [5.74, 6) is 0.303. The maximum absolute atomic E-state index is 7.52. The molecule has 1 heterocycles. The molecule has 3 nitrogen and oxygen atoms in total. The van der Waals surface area contributed by atoms with Crippen molar-refractivity contribution in [2.75, 3.05) is 0 Å². The molecular formula is C8H11BrN3. The van der Waals surface area contributed by atoms with E-state index in [1.54, 1.807) is 0 Å². The van der Waals surface area contributed by atoms with Crippen LogP contribution in [0.4, 0.5) is 5.82 Å². The minimum atomic E-state index is 0.303.